The van der Waals surface area contributed by atoms with Gasteiger partial charge in [0.05, 0.1) is 47.1 Å². The van der Waals surface area contributed by atoms with Crippen molar-refractivity contribution in [3.05, 3.63) is 62.7 Å². The highest BCUT2D eigenvalue weighted by Gasteiger charge is 2.21. The third-order valence-electron chi connectivity index (χ3n) is 4.42. The third kappa shape index (κ3) is 4.64. The summed E-state index contributed by atoms with van der Waals surface area (Å²) < 4.78 is 10.2. The molecule has 0 saturated carbocycles. The molecular formula is C19H18ClN3O6. The molecule has 3 rings (SSSR count). The van der Waals surface area contributed by atoms with Gasteiger partial charge in [0.1, 0.15) is 0 Å². The van der Waals surface area contributed by atoms with Crippen molar-refractivity contribution in [3.8, 4) is 0 Å². The average molecular weight is 420 g/mol. The Labute approximate surface area is 171 Å². The lowest BCUT2D eigenvalue weighted by molar-refractivity contribution is -0.384. The number of hydrogen-bond donors (Lipinski definition) is 1. The predicted molar refractivity (Wildman–Crippen MR) is 107 cm³/mol. The Bertz CT molecular complexity index is 959. The summed E-state index contributed by atoms with van der Waals surface area (Å²) in [6, 6.07) is 8.45. The normalized spacial score (nSPS) is 13.7. The zero-order valence-corrected chi connectivity index (χ0v) is 16.3. The molecule has 1 N–H and O–H groups in total. The van der Waals surface area contributed by atoms with Crippen LogP contribution in [0, 0.1) is 10.1 Å². The van der Waals surface area contributed by atoms with Crippen LogP contribution in [-0.2, 0) is 9.47 Å². The Hall–Kier alpha value is -3.17. The Morgan fingerprint density at radius 3 is 2.55 bits per heavy atom. The summed E-state index contributed by atoms with van der Waals surface area (Å²) in [4.78, 5) is 37.2. The molecule has 9 nitrogen and oxygen atoms in total. The fourth-order valence-corrected chi connectivity index (χ4v) is 3.17. The van der Waals surface area contributed by atoms with Crippen molar-refractivity contribution in [2.75, 3.05) is 43.6 Å². The number of non-ortho nitro benzene ring substituents is 1. The number of nitrogens with one attached hydrogen (secondary N) is 1. The van der Waals surface area contributed by atoms with Crippen molar-refractivity contribution < 1.29 is 24.0 Å². The lowest BCUT2D eigenvalue weighted by atomic mass is 10.1. The molecule has 0 spiro atoms. The Morgan fingerprint density at radius 1 is 1.17 bits per heavy atom. The van der Waals surface area contributed by atoms with Gasteiger partial charge in [-0.05, 0) is 24.3 Å². The van der Waals surface area contributed by atoms with Crippen molar-refractivity contribution in [3.63, 3.8) is 0 Å². The fraction of sp³-hybridized carbons (Fsp3) is 0.263. The summed E-state index contributed by atoms with van der Waals surface area (Å²) in [5, 5.41) is 13.6. The van der Waals surface area contributed by atoms with Gasteiger partial charge >= 0.3 is 5.97 Å². The van der Waals surface area contributed by atoms with E-state index in [-0.39, 0.29) is 21.8 Å². The van der Waals surface area contributed by atoms with Crippen LogP contribution in [0.5, 0.6) is 0 Å². The van der Waals surface area contributed by atoms with Gasteiger partial charge < -0.3 is 19.7 Å². The molecule has 29 heavy (non-hydrogen) atoms. The first kappa shape index (κ1) is 20.6. The maximum Gasteiger partial charge on any atom is 0.340 e. The number of rotatable bonds is 5. The molecule has 0 radical (unpaired) electrons. The summed E-state index contributed by atoms with van der Waals surface area (Å²) in [5.41, 5.74) is 0.994. The van der Waals surface area contributed by atoms with Gasteiger partial charge in [-0.25, -0.2) is 4.79 Å². The Balaban J connectivity index is 1.89. The molecule has 2 aromatic carbocycles. The minimum atomic E-state index is -0.631. The summed E-state index contributed by atoms with van der Waals surface area (Å²) in [7, 11) is 1.28. The largest absolute Gasteiger partial charge is 0.465 e. The number of anilines is 2. The van der Waals surface area contributed by atoms with Crippen LogP contribution in [0.25, 0.3) is 0 Å². The molecular weight excluding hydrogens is 402 g/mol. The van der Waals surface area contributed by atoms with Crippen molar-refractivity contribution in [1.29, 1.82) is 0 Å². The Kier molecular flexibility index (Phi) is 6.30. The minimum absolute atomic E-state index is 0.0438. The number of hydrogen-bond acceptors (Lipinski definition) is 7. The van der Waals surface area contributed by atoms with Gasteiger partial charge in [-0.1, -0.05) is 11.6 Å². The van der Waals surface area contributed by atoms with Gasteiger partial charge in [0, 0.05) is 30.9 Å². The van der Waals surface area contributed by atoms with E-state index in [4.69, 9.17) is 21.1 Å². The topological polar surface area (TPSA) is 111 Å². The van der Waals surface area contributed by atoms with E-state index in [2.05, 4.69) is 5.32 Å². The lowest BCUT2D eigenvalue weighted by Gasteiger charge is -2.30. The number of methoxy groups -OCH3 is 1. The van der Waals surface area contributed by atoms with Gasteiger partial charge in [-0.3, -0.25) is 14.9 Å². The standard InChI is InChI=1S/C19H18ClN3O6/c1-28-19(25)15-10-12(2-5-17(15)22-6-8-29-9-7-22)21-18(24)14-11-13(23(26)27)3-4-16(14)20/h2-5,10-11H,6-9H2,1H3,(H,21,24). The molecule has 1 aliphatic rings. The second kappa shape index (κ2) is 8.89. The van der Waals surface area contributed by atoms with Crippen molar-refractivity contribution in [2.45, 2.75) is 0 Å². The predicted octanol–water partition coefficient (Wildman–Crippen LogP) is 3.12. The molecule has 2 aromatic rings. The maximum absolute atomic E-state index is 12.6. The summed E-state index contributed by atoms with van der Waals surface area (Å²) >= 11 is 6.02. The molecule has 1 fully saturated rings. The van der Waals surface area contributed by atoms with E-state index < -0.39 is 16.8 Å². The minimum Gasteiger partial charge on any atom is -0.465 e. The van der Waals surface area contributed by atoms with E-state index in [9.17, 15) is 19.7 Å². The van der Waals surface area contributed by atoms with Gasteiger partial charge in [0.15, 0.2) is 0 Å². The fourth-order valence-electron chi connectivity index (χ4n) is 2.97. The van der Waals surface area contributed by atoms with Crippen LogP contribution < -0.4 is 10.2 Å². The number of halogens is 1. The van der Waals surface area contributed by atoms with Gasteiger partial charge in [-0.2, -0.15) is 0 Å². The van der Waals surface area contributed by atoms with Crippen LogP contribution in [-0.4, -0.2) is 50.2 Å². The molecule has 0 atom stereocenters. The number of esters is 1. The van der Waals surface area contributed by atoms with Crippen LogP contribution >= 0.6 is 11.6 Å². The molecule has 1 amide bonds. The SMILES string of the molecule is COC(=O)c1cc(NC(=O)c2cc([N+](=O)[O-])ccc2Cl)ccc1N1CCOCC1. The summed E-state index contributed by atoms with van der Waals surface area (Å²) in [6.07, 6.45) is 0. The number of carbonyl (C=O) groups is 2. The van der Waals surface area contributed by atoms with Gasteiger partial charge in [-0.15, -0.1) is 0 Å². The first-order valence-corrected chi connectivity index (χ1v) is 9.09. The highest BCUT2D eigenvalue weighted by molar-refractivity contribution is 6.34. The number of nitro benzene ring substituents is 1. The number of nitro groups is 1. The average Bonchev–Trinajstić information content (AvgIpc) is 2.73. The first-order valence-electron chi connectivity index (χ1n) is 8.71. The summed E-state index contributed by atoms with van der Waals surface area (Å²) in [6.45, 7) is 2.34. The second-order valence-corrected chi connectivity index (χ2v) is 6.61. The van der Waals surface area contributed by atoms with Crippen molar-refractivity contribution in [2.24, 2.45) is 0 Å². The maximum atomic E-state index is 12.6. The molecule has 10 heteroatoms. The van der Waals surface area contributed by atoms with Crippen molar-refractivity contribution >= 4 is 40.5 Å². The molecule has 0 unspecified atom stereocenters. The highest BCUT2D eigenvalue weighted by atomic mass is 35.5. The van der Waals surface area contributed by atoms with Gasteiger partial charge in [0.2, 0.25) is 0 Å². The van der Waals surface area contributed by atoms with Gasteiger partial charge in [0.25, 0.3) is 11.6 Å². The molecule has 1 heterocycles. The van der Waals surface area contributed by atoms with Crippen LogP contribution in [0.1, 0.15) is 20.7 Å². The van der Waals surface area contributed by atoms with Crippen molar-refractivity contribution in [1.82, 2.24) is 0 Å². The lowest BCUT2D eigenvalue weighted by Crippen LogP contribution is -2.37. The van der Waals surface area contributed by atoms with Crippen LogP contribution in [0.4, 0.5) is 17.1 Å². The van der Waals surface area contributed by atoms with Crippen LogP contribution in [0.2, 0.25) is 5.02 Å². The third-order valence-corrected chi connectivity index (χ3v) is 4.75. The van der Waals surface area contributed by atoms with E-state index in [0.717, 1.165) is 6.07 Å². The number of ether oxygens (including phenoxy) is 2. The van der Waals surface area contributed by atoms with E-state index in [1.807, 2.05) is 4.90 Å². The number of carbonyl (C=O) groups excluding carboxylic acids is 2. The second-order valence-electron chi connectivity index (χ2n) is 6.20. The van der Waals surface area contributed by atoms with Crippen LogP contribution in [0.3, 0.4) is 0 Å². The highest BCUT2D eigenvalue weighted by Crippen LogP contribution is 2.28. The molecule has 1 aliphatic heterocycles. The molecule has 152 valence electrons. The molecule has 0 aromatic heterocycles. The van der Waals surface area contributed by atoms with Crippen LogP contribution in [0.15, 0.2) is 36.4 Å². The van der Waals surface area contributed by atoms with E-state index in [0.29, 0.717) is 37.7 Å². The van der Waals surface area contributed by atoms with E-state index in [1.165, 1.54) is 25.3 Å². The number of nitrogens with zero attached hydrogens (tertiary/aromatic N) is 2. The number of morpholine rings is 1. The quantitative estimate of drug-likeness (QED) is 0.450. The molecule has 0 aliphatic carbocycles. The zero-order valence-electron chi connectivity index (χ0n) is 15.5. The monoisotopic (exact) mass is 419 g/mol. The summed E-state index contributed by atoms with van der Waals surface area (Å²) in [5.74, 6) is -1.18. The first-order chi connectivity index (χ1) is 13.9. The zero-order chi connectivity index (χ0) is 21.0. The number of amides is 1. The van der Waals surface area contributed by atoms with E-state index in [1.54, 1.807) is 12.1 Å². The number of benzene rings is 2. The Morgan fingerprint density at radius 2 is 1.90 bits per heavy atom. The smallest absolute Gasteiger partial charge is 0.340 e. The van der Waals surface area contributed by atoms with E-state index >= 15 is 0 Å². The molecule has 1 saturated heterocycles. The molecule has 0 bridgehead atoms.